The Bertz CT molecular complexity index is 926. The molecule has 2 aromatic rings. The Hall–Kier alpha value is -2.70. The molecule has 0 bridgehead atoms. The van der Waals surface area contributed by atoms with E-state index >= 15 is 0 Å². The molecule has 6 nitrogen and oxygen atoms in total. The number of fused-ring (bicyclic) bond motifs is 1. The third kappa shape index (κ3) is 3.93. The van der Waals surface area contributed by atoms with Crippen LogP contribution in [-0.4, -0.2) is 26.3 Å². The quantitative estimate of drug-likeness (QED) is 0.515. The monoisotopic (exact) mass is 395 g/mol. The molecule has 0 aliphatic carbocycles. The van der Waals surface area contributed by atoms with Crippen LogP contribution in [0.3, 0.4) is 0 Å². The molecule has 2 rings (SSSR count). The SMILES string of the molecule is CCC(O)(/C(N)=C/N(N)Cc1ccc2c(C(C)C)c(C#N)cn2c1)C(F)(F)F. The summed E-state index contributed by atoms with van der Waals surface area (Å²) in [6.07, 6.45) is -1.19. The number of rotatable bonds is 6. The highest BCUT2D eigenvalue weighted by Gasteiger charge is 2.54. The molecule has 1 atom stereocenters. The standard InChI is InChI=1S/C19H24F3N5O/c1-4-18(28,19(20,21)22)16(24)11-27(25)9-13-5-6-15-17(12(2)3)14(7-23)10-26(15)8-13/h5-6,8,10-12,28H,4,9,24-25H2,1-3H3/b16-11-. The average molecular weight is 395 g/mol. The molecular weight excluding hydrogens is 371 g/mol. The minimum absolute atomic E-state index is 0.0609. The number of nitrogens with two attached hydrogens (primary N) is 2. The van der Waals surface area contributed by atoms with Crippen molar-refractivity contribution < 1.29 is 18.3 Å². The average Bonchev–Trinajstić information content (AvgIpc) is 2.97. The first-order valence-electron chi connectivity index (χ1n) is 8.76. The molecule has 152 valence electrons. The van der Waals surface area contributed by atoms with Crippen molar-refractivity contribution >= 4 is 5.52 Å². The minimum atomic E-state index is -4.91. The molecule has 0 spiro atoms. The zero-order valence-electron chi connectivity index (χ0n) is 16.0. The number of alkyl halides is 3. The molecule has 0 amide bonds. The molecule has 0 saturated heterocycles. The molecule has 0 aliphatic heterocycles. The molecule has 0 aromatic carbocycles. The van der Waals surface area contributed by atoms with E-state index in [0.717, 1.165) is 22.3 Å². The van der Waals surface area contributed by atoms with E-state index in [4.69, 9.17) is 11.6 Å². The number of hydrogen-bond acceptors (Lipinski definition) is 5. The highest BCUT2D eigenvalue weighted by atomic mass is 19.4. The first-order valence-corrected chi connectivity index (χ1v) is 8.76. The molecule has 28 heavy (non-hydrogen) atoms. The number of nitrogens with zero attached hydrogens (tertiary/aromatic N) is 3. The van der Waals surface area contributed by atoms with E-state index < -0.39 is 23.9 Å². The largest absolute Gasteiger partial charge is 0.422 e. The molecule has 1 unspecified atom stereocenters. The van der Waals surface area contributed by atoms with E-state index in [9.17, 15) is 23.5 Å². The van der Waals surface area contributed by atoms with Crippen molar-refractivity contribution in [1.29, 1.82) is 5.26 Å². The second-order valence-electron chi connectivity index (χ2n) is 7.02. The van der Waals surface area contributed by atoms with Crippen LogP contribution in [0.15, 0.2) is 36.4 Å². The van der Waals surface area contributed by atoms with Crippen LogP contribution in [0, 0.1) is 11.3 Å². The summed E-state index contributed by atoms with van der Waals surface area (Å²) in [5, 5.41) is 20.2. The zero-order valence-corrected chi connectivity index (χ0v) is 16.0. The normalized spacial score (nSPS) is 14.9. The van der Waals surface area contributed by atoms with E-state index in [1.165, 1.54) is 6.92 Å². The third-order valence-electron chi connectivity index (χ3n) is 4.70. The van der Waals surface area contributed by atoms with E-state index in [1.807, 2.05) is 19.9 Å². The van der Waals surface area contributed by atoms with E-state index in [0.29, 0.717) is 11.1 Å². The summed E-state index contributed by atoms with van der Waals surface area (Å²) >= 11 is 0. The first-order chi connectivity index (χ1) is 12.9. The number of hydrazine groups is 1. The maximum atomic E-state index is 13.1. The Balaban J connectivity index is 2.30. The van der Waals surface area contributed by atoms with Gasteiger partial charge in [-0.15, -0.1) is 0 Å². The lowest BCUT2D eigenvalue weighted by Gasteiger charge is -2.30. The fourth-order valence-corrected chi connectivity index (χ4v) is 3.15. The zero-order chi connectivity index (χ0) is 21.3. The Morgan fingerprint density at radius 2 is 2.00 bits per heavy atom. The second-order valence-corrected chi connectivity index (χ2v) is 7.02. The maximum absolute atomic E-state index is 13.1. The number of aromatic nitrogens is 1. The van der Waals surface area contributed by atoms with Crippen LogP contribution in [0.1, 0.15) is 49.8 Å². The van der Waals surface area contributed by atoms with Gasteiger partial charge in [-0.2, -0.15) is 18.4 Å². The van der Waals surface area contributed by atoms with Crippen LogP contribution in [0.4, 0.5) is 13.2 Å². The maximum Gasteiger partial charge on any atom is 0.422 e. The number of nitriles is 1. The van der Waals surface area contributed by atoms with E-state index in [-0.39, 0.29) is 12.5 Å². The van der Waals surface area contributed by atoms with Crippen LogP contribution >= 0.6 is 0 Å². The molecule has 0 radical (unpaired) electrons. The highest BCUT2D eigenvalue weighted by Crippen LogP contribution is 2.36. The van der Waals surface area contributed by atoms with Crippen molar-refractivity contribution in [3.63, 3.8) is 0 Å². The van der Waals surface area contributed by atoms with Gasteiger partial charge < -0.3 is 20.2 Å². The molecular formula is C19H24F3N5O. The summed E-state index contributed by atoms with van der Waals surface area (Å²) in [6, 6.07) is 5.79. The molecule has 0 aliphatic rings. The van der Waals surface area contributed by atoms with Gasteiger partial charge in [-0.1, -0.05) is 26.8 Å². The molecule has 2 heterocycles. The van der Waals surface area contributed by atoms with Gasteiger partial charge in [0.15, 0.2) is 0 Å². The van der Waals surface area contributed by atoms with Crippen molar-refractivity contribution in [3.05, 3.63) is 53.1 Å². The third-order valence-corrected chi connectivity index (χ3v) is 4.70. The number of hydrogen-bond donors (Lipinski definition) is 3. The Labute approximate surface area is 161 Å². The van der Waals surface area contributed by atoms with Crippen LogP contribution in [0.2, 0.25) is 0 Å². The lowest BCUT2D eigenvalue weighted by molar-refractivity contribution is -0.245. The predicted molar refractivity (Wildman–Crippen MR) is 99.5 cm³/mol. The van der Waals surface area contributed by atoms with Crippen molar-refractivity contribution in [2.24, 2.45) is 11.6 Å². The van der Waals surface area contributed by atoms with Crippen molar-refractivity contribution in [2.75, 3.05) is 0 Å². The fraction of sp³-hybridized carbons (Fsp3) is 0.421. The van der Waals surface area contributed by atoms with Gasteiger partial charge in [0.25, 0.3) is 0 Å². The lowest BCUT2D eigenvalue weighted by atomic mass is 9.96. The molecule has 2 aromatic heterocycles. The highest BCUT2D eigenvalue weighted by molar-refractivity contribution is 5.64. The van der Waals surface area contributed by atoms with Gasteiger partial charge in [0.2, 0.25) is 5.60 Å². The van der Waals surface area contributed by atoms with Crippen molar-refractivity contribution in [3.8, 4) is 6.07 Å². The minimum Gasteiger partial charge on any atom is -0.398 e. The van der Waals surface area contributed by atoms with Crippen LogP contribution in [-0.2, 0) is 6.54 Å². The predicted octanol–water partition coefficient (Wildman–Crippen LogP) is 3.11. The first kappa shape index (κ1) is 21.6. The smallest absolute Gasteiger partial charge is 0.398 e. The van der Waals surface area contributed by atoms with Crippen LogP contribution in [0.5, 0.6) is 0 Å². The molecule has 5 N–H and O–H groups in total. The second kappa shape index (κ2) is 7.73. The summed E-state index contributed by atoms with van der Waals surface area (Å²) in [5.74, 6) is 5.95. The molecule has 0 saturated carbocycles. The Morgan fingerprint density at radius 1 is 1.36 bits per heavy atom. The van der Waals surface area contributed by atoms with Crippen molar-refractivity contribution in [2.45, 2.75) is 51.4 Å². The summed E-state index contributed by atoms with van der Waals surface area (Å²) in [6.45, 7) is 5.24. The van der Waals surface area contributed by atoms with Gasteiger partial charge >= 0.3 is 6.18 Å². The van der Waals surface area contributed by atoms with Gasteiger partial charge in [0.05, 0.1) is 17.8 Å². The summed E-state index contributed by atoms with van der Waals surface area (Å²) in [7, 11) is 0. The Kier molecular flexibility index (Phi) is 5.97. The fourth-order valence-electron chi connectivity index (χ4n) is 3.15. The molecule has 9 heteroatoms. The van der Waals surface area contributed by atoms with Gasteiger partial charge in [-0.05, 0) is 29.5 Å². The van der Waals surface area contributed by atoms with E-state index in [2.05, 4.69) is 6.07 Å². The van der Waals surface area contributed by atoms with Gasteiger partial charge in [0, 0.05) is 24.1 Å². The number of pyridine rings is 1. The summed E-state index contributed by atoms with van der Waals surface area (Å²) in [4.78, 5) is 0. The van der Waals surface area contributed by atoms with Gasteiger partial charge in [-0.25, -0.2) is 5.84 Å². The molecule has 0 fully saturated rings. The van der Waals surface area contributed by atoms with E-state index in [1.54, 1.807) is 22.9 Å². The van der Waals surface area contributed by atoms with Crippen LogP contribution in [0.25, 0.3) is 5.52 Å². The van der Waals surface area contributed by atoms with Crippen molar-refractivity contribution in [1.82, 2.24) is 9.41 Å². The number of halogens is 3. The Morgan fingerprint density at radius 3 is 2.50 bits per heavy atom. The summed E-state index contributed by atoms with van der Waals surface area (Å²) in [5.41, 5.74) is 4.66. The lowest BCUT2D eigenvalue weighted by Crippen LogP contribution is -2.49. The van der Waals surface area contributed by atoms with Gasteiger partial charge in [-0.3, -0.25) is 0 Å². The van der Waals surface area contributed by atoms with Crippen LogP contribution < -0.4 is 11.6 Å². The summed E-state index contributed by atoms with van der Waals surface area (Å²) < 4.78 is 41.1. The topological polar surface area (TPSA) is 104 Å². The number of aliphatic hydroxyl groups is 1. The van der Waals surface area contributed by atoms with Gasteiger partial charge in [0.1, 0.15) is 6.07 Å².